The topological polar surface area (TPSA) is 76.5 Å². The van der Waals surface area contributed by atoms with Gasteiger partial charge in [0.15, 0.2) is 5.11 Å². The molecule has 9 heteroatoms. The Kier molecular flexibility index (Phi) is 7.92. The van der Waals surface area contributed by atoms with Crippen molar-refractivity contribution < 1.29 is 13.2 Å². The third-order valence-electron chi connectivity index (χ3n) is 6.96. The SMILES string of the molecule is Cc1ccccc1CS(=O)(=O)c1ncc(CN(C[C@H]2CCCO2)C(=S)NC2CC2)n1Cc1ccccc1. The minimum atomic E-state index is -3.69. The van der Waals surface area contributed by atoms with E-state index < -0.39 is 9.84 Å². The number of nitrogens with one attached hydrogen (secondary N) is 1. The Hall–Kier alpha value is -2.75. The molecule has 0 radical (unpaired) electrons. The van der Waals surface area contributed by atoms with Crippen molar-refractivity contribution >= 4 is 27.2 Å². The first-order valence-corrected chi connectivity index (χ1v) is 15.0. The van der Waals surface area contributed by atoms with Gasteiger partial charge in [-0.05, 0) is 61.5 Å². The summed E-state index contributed by atoms with van der Waals surface area (Å²) in [6.45, 7) is 4.24. The second-order valence-electron chi connectivity index (χ2n) is 10.0. The van der Waals surface area contributed by atoms with Crippen molar-refractivity contribution in [1.82, 2.24) is 19.8 Å². The normalized spacial score (nSPS) is 17.6. The third kappa shape index (κ3) is 6.58. The molecule has 196 valence electrons. The van der Waals surface area contributed by atoms with Gasteiger partial charge in [0.2, 0.25) is 15.0 Å². The first-order chi connectivity index (χ1) is 17.9. The van der Waals surface area contributed by atoms with E-state index in [0.29, 0.717) is 30.8 Å². The molecular formula is C28H34N4O3S2. The van der Waals surface area contributed by atoms with Gasteiger partial charge in [0.05, 0.1) is 36.8 Å². The predicted octanol–water partition coefficient (Wildman–Crippen LogP) is 4.23. The van der Waals surface area contributed by atoms with Gasteiger partial charge in [-0.1, -0.05) is 54.6 Å². The first kappa shape index (κ1) is 25.9. The molecule has 2 heterocycles. The number of imidazole rings is 1. The number of hydrogen-bond donors (Lipinski definition) is 1. The van der Waals surface area contributed by atoms with Gasteiger partial charge in [0.25, 0.3) is 0 Å². The van der Waals surface area contributed by atoms with Gasteiger partial charge in [0.1, 0.15) is 0 Å². The maximum atomic E-state index is 13.7. The highest BCUT2D eigenvalue weighted by atomic mass is 32.2. The Morgan fingerprint density at radius 1 is 1.14 bits per heavy atom. The second-order valence-corrected chi connectivity index (χ2v) is 12.3. The number of aryl methyl sites for hydroxylation is 1. The van der Waals surface area contributed by atoms with E-state index in [1.54, 1.807) is 6.20 Å². The molecule has 0 amide bonds. The van der Waals surface area contributed by atoms with Crippen LogP contribution in [-0.4, -0.2) is 53.3 Å². The van der Waals surface area contributed by atoms with Crippen LogP contribution in [-0.2, 0) is 33.4 Å². The number of benzene rings is 2. The minimum Gasteiger partial charge on any atom is -0.376 e. The molecular weight excluding hydrogens is 504 g/mol. The zero-order valence-corrected chi connectivity index (χ0v) is 22.8. The lowest BCUT2D eigenvalue weighted by Crippen LogP contribution is -2.44. The summed E-state index contributed by atoms with van der Waals surface area (Å²) in [5.41, 5.74) is 3.56. The summed E-state index contributed by atoms with van der Waals surface area (Å²) in [5.74, 6) is -0.0911. The highest BCUT2D eigenvalue weighted by Gasteiger charge is 2.29. The molecule has 1 atom stereocenters. The summed E-state index contributed by atoms with van der Waals surface area (Å²) in [4.78, 5) is 6.59. The van der Waals surface area contributed by atoms with Crippen LogP contribution < -0.4 is 5.32 Å². The van der Waals surface area contributed by atoms with Gasteiger partial charge in [0, 0.05) is 19.2 Å². The standard InChI is InChI=1S/C28H34N4O3S2/c1-21-8-5-6-11-23(21)20-37(33,34)28-29-16-25(32(28)17-22-9-3-2-4-10-22)18-31(19-26-12-7-15-35-26)27(36)30-24-13-14-24/h2-6,8-11,16,24,26H,7,12-15,17-20H2,1H3,(H,30,36)/t26-/m1/s1. The summed E-state index contributed by atoms with van der Waals surface area (Å²) < 4.78 is 35.1. The van der Waals surface area contributed by atoms with Crippen LogP contribution in [0.1, 0.15) is 48.1 Å². The van der Waals surface area contributed by atoms with Crippen molar-refractivity contribution in [3.8, 4) is 0 Å². The van der Waals surface area contributed by atoms with Crippen molar-refractivity contribution in [3.63, 3.8) is 0 Å². The lowest BCUT2D eigenvalue weighted by Gasteiger charge is -2.28. The minimum absolute atomic E-state index is 0.0905. The molecule has 0 bridgehead atoms. The zero-order valence-electron chi connectivity index (χ0n) is 21.2. The van der Waals surface area contributed by atoms with E-state index in [1.807, 2.05) is 66.1 Å². The average molecular weight is 539 g/mol. The Labute approximate surface area is 224 Å². The number of thiocarbonyl (C=S) groups is 1. The molecule has 1 aliphatic carbocycles. The molecule has 2 aliphatic rings. The summed E-state index contributed by atoms with van der Waals surface area (Å²) in [5, 5.41) is 4.23. The third-order valence-corrected chi connectivity index (χ3v) is 8.91. The summed E-state index contributed by atoms with van der Waals surface area (Å²) >= 11 is 5.79. The number of hydrogen-bond acceptors (Lipinski definition) is 5. The number of nitrogens with zero attached hydrogens (tertiary/aromatic N) is 3. The Balaban J connectivity index is 1.47. The van der Waals surface area contributed by atoms with Crippen LogP contribution in [0, 0.1) is 6.92 Å². The van der Waals surface area contributed by atoms with Crippen molar-refractivity contribution in [1.29, 1.82) is 0 Å². The zero-order chi connectivity index (χ0) is 25.8. The van der Waals surface area contributed by atoms with Crippen molar-refractivity contribution in [2.75, 3.05) is 13.2 Å². The van der Waals surface area contributed by atoms with E-state index in [0.717, 1.165) is 54.7 Å². The van der Waals surface area contributed by atoms with E-state index in [4.69, 9.17) is 17.0 Å². The molecule has 0 spiro atoms. The first-order valence-electron chi connectivity index (χ1n) is 12.9. The summed E-state index contributed by atoms with van der Waals surface area (Å²) in [6.07, 6.45) is 6.11. The molecule has 1 aliphatic heterocycles. The van der Waals surface area contributed by atoms with Crippen molar-refractivity contribution in [3.05, 3.63) is 83.2 Å². The molecule has 7 nitrogen and oxygen atoms in total. The number of aromatic nitrogens is 2. The van der Waals surface area contributed by atoms with Crippen LogP contribution in [0.5, 0.6) is 0 Å². The summed E-state index contributed by atoms with van der Waals surface area (Å²) in [6, 6.07) is 17.9. The maximum absolute atomic E-state index is 13.7. The number of rotatable bonds is 10. The predicted molar refractivity (Wildman–Crippen MR) is 148 cm³/mol. The monoisotopic (exact) mass is 538 g/mol. The van der Waals surface area contributed by atoms with Gasteiger partial charge in [-0.15, -0.1) is 0 Å². The molecule has 1 saturated carbocycles. The summed E-state index contributed by atoms with van der Waals surface area (Å²) in [7, 11) is -3.69. The van der Waals surface area contributed by atoms with Crippen LogP contribution in [0.2, 0.25) is 0 Å². The Bertz CT molecular complexity index is 1330. The van der Waals surface area contributed by atoms with Gasteiger partial charge >= 0.3 is 0 Å². The fraction of sp³-hybridized carbons (Fsp3) is 0.429. The molecule has 5 rings (SSSR count). The van der Waals surface area contributed by atoms with Crippen LogP contribution >= 0.6 is 12.2 Å². The van der Waals surface area contributed by atoms with Gasteiger partial charge in [-0.2, -0.15) is 0 Å². The van der Waals surface area contributed by atoms with Crippen LogP contribution in [0.3, 0.4) is 0 Å². The van der Waals surface area contributed by atoms with Gasteiger partial charge in [-0.25, -0.2) is 13.4 Å². The molecule has 3 aromatic rings. The highest BCUT2D eigenvalue weighted by Crippen LogP contribution is 2.24. The van der Waals surface area contributed by atoms with Crippen LogP contribution in [0.25, 0.3) is 0 Å². The lowest BCUT2D eigenvalue weighted by molar-refractivity contribution is 0.0892. The largest absolute Gasteiger partial charge is 0.376 e. The molecule has 0 unspecified atom stereocenters. The lowest BCUT2D eigenvalue weighted by atomic mass is 10.1. The smallest absolute Gasteiger partial charge is 0.228 e. The second kappa shape index (κ2) is 11.3. The number of ether oxygens (including phenoxy) is 1. The Morgan fingerprint density at radius 3 is 2.59 bits per heavy atom. The van der Waals surface area contributed by atoms with Crippen LogP contribution in [0.15, 0.2) is 66.0 Å². The van der Waals surface area contributed by atoms with Crippen molar-refractivity contribution in [2.24, 2.45) is 0 Å². The van der Waals surface area contributed by atoms with Crippen LogP contribution in [0.4, 0.5) is 0 Å². The van der Waals surface area contributed by atoms with Crippen molar-refractivity contribution in [2.45, 2.75) is 68.8 Å². The van der Waals surface area contributed by atoms with E-state index in [2.05, 4.69) is 15.2 Å². The quantitative estimate of drug-likeness (QED) is 0.387. The fourth-order valence-electron chi connectivity index (χ4n) is 4.69. The van der Waals surface area contributed by atoms with E-state index in [-0.39, 0.29) is 17.0 Å². The molecule has 1 aromatic heterocycles. The van der Waals surface area contributed by atoms with Gasteiger partial charge < -0.3 is 19.5 Å². The molecule has 2 fully saturated rings. The Morgan fingerprint density at radius 2 is 1.89 bits per heavy atom. The van der Waals surface area contributed by atoms with E-state index in [9.17, 15) is 8.42 Å². The molecule has 2 aromatic carbocycles. The molecule has 1 saturated heterocycles. The number of sulfone groups is 1. The van der Waals surface area contributed by atoms with Gasteiger partial charge in [-0.3, -0.25) is 0 Å². The van der Waals surface area contributed by atoms with E-state index in [1.165, 1.54) is 0 Å². The highest BCUT2D eigenvalue weighted by molar-refractivity contribution is 7.90. The maximum Gasteiger partial charge on any atom is 0.228 e. The molecule has 37 heavy (non-hydrogen) atoms. The average Bonchev–Trinajstić information content (AvgIpc) is 3.37. The molecule has 1 N–H and O–H groups in total. The fourth-order valence-corrected chi connectivity index (χ4v) is 6.58. The van der Waals surface area contributed by atoms with E-state index >= 15 is 0 Å².